The maximum atomic E-state index is 8.88. The summed E-state index contributed by atoms with van der Waals surface area (Å²) < 4.78 is 8.88. The Hall–Kier alpha value is -0.0100. The van der Waals surface area contributed by atoms with Gasteiger partial charge in [-0.1, -0.05) is 157 Å². The molecular weight excluding hydrogens is 569 g/mol. The number of phosphoric acid groups is 1. The van der Waals surface area contributed by atoms with Crippen LogP contribution in [0.3, 0.4) is 0 Å². The molecule has 44 heavy (non-hydrogen) atoms. The lowest BCUT2D eigenvalue weighted by Crippen LogP contribution is -2.16. The average molecular weight is 654 g/mol. The van der Waals surface area contributed by atoms with Crippen molar-refractivity contribution in [3.8, 4) is 0 Å². The van der Waals surface area contributed by atoms with Gasteiger partial charge in [0.25, 0.3) is 0 Å². The largest absolute Gasteiger partial charge is 0.466 e. The molecular formula is C36H84N3O4P. The third-order valence-corrected chi connectivity index (χ3v) is 7.24. The van der Waals surface area contributed by atoms with E-state index in [9.17, 15) is 0 Å². The molecule has 0 atom stereocenters. The molecule has 0 saturated heterocycles. The molecule has 0 aromatic carbocycles. The van der Waals surface area contributed by atoms with Crippen LogP contribution in [0.2, 0.25) is 0 Å². The standard InChI is InChI=1S/3C12H27N.H3O4P/c3*1-3-5-7-9-11-13-12-10-8-6-4-2;1-5(2,3)4/h3*13H,3-12H2,1-2H3;(H3,1,2,3,4). The molecule has 0 heterocycles. The normalized spacial score (nSPS) is 10.8. The van der Waals surface area contributed by atoms with E-state index in [1.54, 1.807) is 0 Å². The van der Waals surface area contributed by atoms with Crippen LogP contribution >= 0.6 is 7.82 Å². The van der Waals surface area contributed by atoms with E-state index in [4.69, 9.17) is 19.2 Å². The Morgan fingerprint density at radius 2 is 0.455 bits per heavy atom. The van der Waals surface area contributed by atoms with Crippen molar-refractivity contribution in [3.63, 3.8) is 0 Å². The summed E-state index contributed by atoms with van der Waals surface area (Å²) in [5.41, 5.74) is 0. The Labute approximate surface area is 277 Å². The Kier molecular flexibility index (Phi) is 57.6. The van der Waals surface area contributed by atoms with Gasteiger partial charge in [0, 0.05) is 0 Å². The predicted molar refractivity (Wildman–Crippen MR) is 198 cm³/mol. The second-order valence-electron chi connectivity index (χ2n) is 12.1. The van der Waals surface area contributed by atoms with E-state index in [1.165, 1.54) is 193 Å². The van der Waals surface area contributed by atoms with Crippen molar-refractivity contribution in [1.82, 2.24) is 16.0 Å². The Balaban J connectivity index is -0.000000253. The van der Waals surface area contributed by atoms with Crippen LogP contribution in [0.5, 0.6) is 0 Å². The summed E-state index contributed by atoms with van der Waals surface area (Å²) in [6.45, 7) is 20.9. The molecule has 0 spiro atoms. The summed E-state index contributed by atoms with van der Waals surface area (Å²) in [6.07, 6.45) is 33.0. The lowest BCUT2D eigenvalue weighted by atomic mass is 10.2. The summed E-state index contributed by atoms with van der Waals surface area (Å²) in [5, 5.41) is 10.5. The van der Waals surface area contributed by atoms with Crippen molar-refractivity contribution in [2.24, 2.45) is 0 Å². The van der Waals surface area contributed by atoms with E-state index < -0.39 is 7.82 Å². The third-order valence-electron chi connectivity index (χ3n) is 7.24. The molecule has 6 N–H and O–H groups in total. The van der Waals surface area contributed by atoms with Gasteiger partial charge in [-0.05, 0) is 77.8 Å². The van der Waals surface area contributed by atoms with Crippen LogP contribution in [0, 0.1) is 0 Å². The number of nitrogens with one attached hydrogen (secondary N) is 3. The second-order valence-corrected chi connectivity index (χ2v) is 13.2. The number of hydrogen-bond acceptors (Lipinski definition) is 4. The molecule has 0 aliphatic rings. The summed E-state index contributed by atoms with van der Waals surface area (Å²) >= 11 is 0. The fourth-order valence-electron chi connectivity index (χ4n) is 4.44. The number of hydrogen-bond donors (Lipinski definition) is 6. The highest BCUT2D eigenvalue weighted by Gasteiger charge is 2.00. The van der Waals surface area contributed by atoms with Gasteiger partial charge >= 0.3 is 7.82 Å². The lowest BCUT2D eigenvalue weighted by Gasteiger charge is -2.03. The average Bonchev–Trinajstić information content (AvgIpc) is 2.98. The van der Waals surface area contributed by atoms with Gasteiger partial charge < -0.3 is 30.6 Å². The maximum absolute atomic E-state index is 8.88. The topological polar surface area (TPSA) is 114 Å². The van der Waals surface area contributed by atoms with Gasteiger partial charge in [0.2, 0.25) is 0 Å². The highest BCUT2D eigenvalue weighted by molar-refractivity contribution is 7.45. The maximum Gasteiger partial charge on any atom is 0.466 e. The monoisotopic (exact) mass is 654 g/mol. The Bertz CT molecular complexity index is 405. The zero-order chi connectivity index (χ0) is 33.8. The SMILES string of the molecule is CCCCCCNCCCCCC.CCCCCCNCCCCCC.CCCCCCNCCCCCC.O=P(O)(O)O. The minimum atomic E-state index is -4.64. The van der Waals surface area contributed by atoms with Gasteiger partial charge in [-0.3, -0.25) is 0 Å². The van der Waals surface area contributed by atoms with Crippen LogP contribution in [-0.4, -0.2) is 53.9 Å². The molecule has 0 aliphatic heterocycles. The van der Waals surface area contributed by atoms with E-state index in [0.29, 0.717) is 0 Å². The molecule has 272 valence electrons. The molecule has 0 aromatic rings. The molecule has 0 radical (unpaired) electrons. The first-order valence-corrected chi connectivity index (χ1v) is 20.7. The molecule has 7 nitrogen and oxygen atoms in total. The quantitative estimate of drug-likeness (QED) is 0.0338. The fourth-order valence-corrected chi connectivity index (χ4v) is 4.44. The summed E-state index contributed by atoms with van der Waals surface area (Å²) in [4.78, 5) is 21.6. The molecule has 0 bridgehead atoms. The van der Waals surface area contributed by atoms with Crippen LogP contribution in [0.1, 0.15) is 196 Å². The zero-order valence-corrected chi connectivity index (χ0v) is 31.8. The van der Waals surface area contributed by atoms with Crippen LogP contribution in [0.25, 0.3) is 0 Å². The van der Waals surface area contributed by atoms with Gasteiger partial charge in [-0.15, -0.1) is 0 Å². The Morgan fingerprint density at radius 3 is 0.568 bits per heavy atom. The van der Waals surface area contributed by atoms with E-state index in [2.05, 4.69) is 57.5 Å². The first kappa shape index (κ1) is 50.8. The van der Waals surface area contributed by atoms with Crippen molar-refractivity contribution in [1.29, 1.82) is 0 Å². The first-order chi connectivity index (χ1) is 21.2. The molecule has 0 amide bonds. The van der Waals surface area contributed by atoms with Crippen molar-refractivity contribution < 1.29 is 19.2 Å². The second kappa shape index (κ2) is 49.9. The van der Waals surface area contributed by atoms with Gasteiger partial charge in [0.05, 0.1) is 0 Å². The van der Waals surface area contributed by atoms with Gasteiger partial charge in [-0.2, -0.15) is 0 Å². The molecule has 0 aromatic heterocycles. The molecule has 0 fully saturated rings. The Morgan fingerprint density at radius 1 is 0.318 bits per heavy atom. The van der Waals surface area contributed by atoms with Gasteiger partial charge in [0.1, 0.15) is 0 Å². The third kappa shape index (κ3) is 78.4. The summed E-state index contributed by atoms with van der Waals surface area (Å²) in [5.74, 6) is 0. The summed E-state index contributed by atoms with van der Waals surface area (Å²) in [6, 6.07) is 0. The van der Waals surface area contributed by atoms with E-state index in [1.807, 2.05) is 0 Å². The predicted octanol–water partition coefficient (Wildman–Crippen LogP) is 10.3. The highest BCUT2D eigenvalue weighted by atomic mass is 31.2. The first-order valence-electron chi connectivity index (χ1n) is 19.1. The van der Waals surface area contributed by atoms with Crippen molar-refractivity contribution >= 4 is 7.82 Å². The van der Waals surface area contributed by atoms with Crippen LogP contribution < -0.4 is 16.0 Å². The number of rotatable bonds is 30. The van der Waals surface area contributed by atoms with E-state index in [0.717, 1.165) is 0 Å². The van der Waals surface area contributed by atoms with E-state index in [-0.39, 0.29) is 0 Å². The van der Waals surface area contributed by atoms with Crippen molar-refractivity contribution in [2.45, 2.75) is 196 Å². The van der Waals surface area contributed by atoms with Crippen molar-refractivity contribution in [3.05, 3.63) is 0 Å². The van der Waals surface area contributed by atoms with Crippen LogP contribution in [0.4, 0.5) is 0 Å². The summed E-state index contributed by atoms with van der Waals surface area (Å²) in [7, 11) is -4.64. The minimum absolute atomic E-state index is 1.23. The lowest BCUT2D eigenvalue weighted by molar-refractivity contribution is 0.275. The van der Waals surface area contributed by atoms with Crippen LogP contribution in [0.15, 0.2) is 0 Å². The molecule has 8 heteroatoms. The van der Waals surface area contributed by atoms with Gasteiger partial charge in [-0.25, -0.2) is 4.57 Å². The number of unbranched alkanes of at least 4 members (excludes halogenated alkanes) is 18. The minimum Gasteiger partial charge on any atom is -0.317 e. The van der Waals surface area contributed by atoms with Crippen LogP contribution in [-0.2, 0) is 4.57 Å². The molecule has 0 saturated carbocycles. The molecule has 0 rings (SSSR count). The highest BCUT2D eigenvalue weighted by Crippen LogP contribution is 2.25. The van der Waals surface area contributed by atoms with Gasteiger partial charge in [0.15, 0.2) is 0 Å². The fraction of sp³-hybridized carbons (Fsp3) is 1.00. The van der Waals surface area contributed by atoms with E-state index >= 15 is 0 Å². The smallest absolute Gasteiger partial charge is 0.317 e. The molecule has 0 aliphatic carbocycles. The zero-order valence-electron chi connectivity index (χ0n) is 30.9. The van der Waals surface area contributed by atoms with Crippen molar-refractivity contribution in [2.75, 3.05) is 39.3 Å². The molecule has 0 unspecified atom stereocenters.